The largest absolute Gasteiger partial charge is 1.00 e. The molecule has 13 heavy (non-hydrogen) atoms. The van der Waals surface area contributed by atoms with E-state index in [9.17, 15) is 0 Å². The molecule has 3 nitrogen and oxygen atoms in total. The maximum atomic E-state index is 8.74. The molecule has 0 unspecified atom stereocenters. The molecular weight excluding hydrogens is 186 g/mol. The fourth-order valence-corrected chi connectivity index (χ4v) is 2.55. The zero-order valence-corrected chi connectivity index (χ0v) is 8.63. The van der Waals surface area contributed by atoms with E-state index < -0.39 is 0 Å². The van der Waals surface area contributed by atoms with E-state index in [0.717, 1.165) is 17.7 Å². The Morgan fingerprint density at radius 2 is 1.85 bits per heavy atom. The quantitative estimate of drug-likeness (QED) is 0.344. The highest BCUT2D eigenvalue weighted by molar-refractivity contribution is 4.74. The van der Waals surface area contributed by atoms with Gasteiger partial charge >= 0.3 is 0 Å². The summed E-state index contributed by atoms with van der Waals surface area (Å²) in [4.78, 5) is 2.50. The lowest BCUT2D eigenvalue weighted by atomic mass is 10.1. The van der Waals surface area contributed by atoms with Gasteiger partial charge in [0.2, 0.25) is 0 Å². The third-order valence-electron chi connectivity index (χ3n) is 3.12. The summed E-state index contributed by atoms with van der Waals surface area (Å²) in [6.07, 6.45) is 2.56. The third-order valence-corrected chi connectivity index (χ3v) is 3.12. The van der Waals surface area contributed by atoms with Gasteiger partial charge in [-0.2, -0.15) is 5.26 Å². The van der Waals surface area contributed by atoms with Gasteiger partial charge in [-0.1, -0.05) is 0 Å². The van der Waals surface area contributed by atoms with E-state index in [1.807, 2.05) is 0 Å². The van der Waals surface area contributed by atoms with Crippen molar-refractivity contribution in [2.24, 2.45) is 0 Å². The molecule has 2 bridgehead atoms. The Balaban J connectivity index is 0.000000845. The van der Waals surface area contributed by atoms with Crippen molar-refractivity contribution >= 4 is 0 Å². The van der Waals surface area contributed by atoms with Crippen LogP contribution < -0.4 is 12.4 Å². The van der Waals surface area contributed by atoms with Crippen LogP contribution in [0.15, 0.2) is 0 Å². The number of rotatable bonds is 1. The Kier molecular flexibility index (Phi) is 3.55. The number of quaternary nitrogens is 1. The van der Waals surface area contributed by atoms with Gasteiger partial charge in [-0.05, 0) is 0 Å². The second kappa shape index (κ2) is 4.28. The molecule has 0 aliphatic carbocycles. The van der Waals surface area contributed by atoms with Crippen molar-refractivity contribution in [2.75, 3.05) is 39.4 Å². The predicted molar refractivity (Wildman–Crippen MR) is 46.1 cm³/mol. The van der Waals surface area contributed by atoms with Gasteiger partial charge in [0, 0.05) is 25.9 Å². The standard InChI is InChI=1S/C9H16N3.ClH/c10-3-8-12-6-1-4-11(9-12)5-2-7-12;/h1-2,4-9H2;1H/q+1;/p-1. The molecule has 0 radical (unpaired) electrons. The summed E-state index contributed by atoms with van der Waals surface area (Å²) < 4.78 is 1.05. The molecule has 2 saturated heterocycles. The van der Waals surface area contributed by atoms with Crippen LogP contribution in [0.2, 0.25) is 0 Å². The fraction of sp³-hybridized carbons (Fsp3) is 0.889. The monoisotopic (exact) mass is 201 g/mol. The molecule has 0 aromatic carbocycles. The average Bonchev–Trinajstić information content (AvgIpc) is 2.04. The summed E-state index contributed by atoms with van der Waals surface area (Å²) >= 11 is 0. The van der Waals surface area contributed by atoms with Crippen molar-refractivity contribution in [3.8, 4) is 6.07 Å². The van der Waals surface area contributed by atoms with Gasteiger partial charge in [0.25, 0.3) is 0 Å². The van der Waals surface area contributed by atoms with E-state index in [4.69, 9.17) is 5.26 Å². The molecule has 2 aliphatic rings. The van der Waals surface area contributed by atoms with Crippen molar-refractivity contribution in [3.05, 3.63) is 0 Å². The fourth-order valence-electron chi connectivity index (χ4n) is 2.55. The first-order chi connectivity index (χ1) is 5.85. The Morgan fingerprint density at radius 1 is 1.23 bits per heavy atom. The minimum Gasteiger partial charge on any atom is -1.00 e. The Morgan fingerprint density at radius 3 is 2.38 bits per heavy atom. The highest BCUT2D eigenvalue weighted by atomic mass is 35.5. The second-order valence-electron chi connectivity index (χ2n) is 4.07. The van der Waals surface area contributed by atoms with Crippen LogP contribution in [0.25, 0.3) is 0 Å². The van der Waals surface area contributed by atoms with Gasteiger partial charge in [0.05, 0.1) is 13.1 Å². The molecule has 2 rings (SSSR count). The van der Waals surface area contributed by atoms with Gasteiger partial charge in [0.15, 0.2) is 6.54 Å². The molecule has 4 heteroatoms. The van der Waals surface area contributed by atoms with Crippen LogP contribution in [0.4, 0.5) is 0 Å². The molecule has 2 fully saturated rings. The smallest absolute Gasteiger partial charge is 0.167 e. The highest BCUT2D eigenvalue weighted by Gasteiger charge is 2.36. The molecule has 0 amide bonds. The molecule has 0 aromatic rings. The van der Waals surface area contributed by atoms with Gasteiger partial charge in [-0.25, -0.2) is 0 Å². The molecule has 0 atom stereocenters. The normalized spacial score (nSPS) is 37.3. The number of nitriles is 1. The lowest BCUT2D eigenvalue weighted by molar-refractivity contribution is -0.942. The van der Waals surface area contributed by atoms with Crippen LogP contribution in [-0.2, 0) is 0 Å². The van der Waals surface area contributed by atoms with Crippen molar-refractivity contribution in [2.45, 2.75) is 12.8 Å². The van der Waals surface area contributed by atoms with Crippen molar-refractivity contribution in [1.29, 1.82) is 5.26 Å². The summed E-state index contributed by atoms with van der Waals surface area (Å²) in [5.41, 5.74) is 0. The summed E-state index contributed by atoms with van der Waals surface area (Å²) in [7, 11) is 0. The SMILES string of the molecule is N#CC[N+]12CCCN(CCC1)C2.[Cl-]. The second-order valence-corrected chi connectivity index (χ2v) is 4.07. The van der Waals surface area contributed by atoms with Gasteiger partial charge in [0.1, 0.15) is 12.7 Å². The molecule has 74 valence electrons. The van der Waals surface area contributed by atoms with E-state index in [2.05, 4.69) is 11.0 Å². The Bertz CT molecular complexity index is 201. The van der Waals surface area contributed by atoms with E-state index >= 15 is 0 Å². The van der Waals surface area contributed by atoms with Crippen LogP contribution >= 0.6 is 0 Å². The van der Waals surface area contributed by atoms with Crippen molar-refractivity contribution in [3.63, 3.8) is 0 Å². The summed E-state index contributed by atoms with van der Waals surface area (Å²) in [5.74, 6) is 0. The van der Waals surface area contributed by atoms with E-state index in [0.29, 0.717) is 0 Å². The van der Waals surface area contributed by atoms with Gasteiger partial charge < -0.3 is 12.4 Å². The predicted octanol–water partition coefficient (Wildman–Crippen LogP) is -2.60. The van der Waals surface area contributed by atoms with Gasteiger partial charge in [-0.15, -0.1) is 0 Å². The minimum atomic E-state index is 0. The lowest BCUT2D eigenvalue weighted by Crippen LogP contribution is -3.00. The molecular formula is C9H16ClN3. The van der Waals surface area contributed by atoms with Crippen molar-refractivity contribution < 1.29 is 16.9 Å². The summed E-state index contributed by atoms with van der Waals surface area (Å²) in [5, 5.41) is 8.74. The molecule has 0 aromatic heterocycles. The van der Waals surface area contributed by atoms with Crippen LogP contribution in [-0.4, -0.2) is 48.8 Å². The molecule has 0 spiro atoms. The average molecular weight is 202 g/mol. The van der Waals surface area contributed by atoms with Crippen LogP contribution in [0.3, 0.4) is 0 Å². The van der Waals surface area contributed by atoms with E-state index in [1.165, 1.54) is 39.0 Å². The van der Waals surface area contributed by atoms with Gasteiger partial charge in [-0.3, -0.25) is 9.38 Å². The Labute approximate surface area is 85.9 Å². The maximum Gasteiger partial charge on any atom is 0.167 e. The number of hydrogen-bond donors (Lipinski definition) is 0. The number of nitrogens with zero attached hydrogens (tertiary/aromatic N) is 3. The third kappa shape index (κ3) is 2.14. The number of fused-ring (bicyclic) bond motifs is 2. The first kappa shape index (κ1) is 10.8. The van der Waals surface area contributed by atoms with Crippen LogP contribution in [0.5, 0.6) is 0 Å². The topological polar surface area (TPSA) is 27.0 Å². The first-order valence-electron chi connectivity index (χ1n) is 4.79. The van der Waals surface area contributed by atoms with E-state index in [1.54, 1.807) is 0 Å². The summed E-state index contributed by atoms with van der Waals surface area (Å²) in [6.45, 7) is 6.81. The maximum absolute atomic E-state index is 8.74. The van der Waals surface area contributed by atoms with Crippen molar-refractivity contribution in [1.82, 2.24) is 4.90 Å². The zero-order chi connectivity index (χ0) is 8.44. The van der Waals surface area contributed by atoms with Crippen LogP contribution in [0, 0.1) is 11.3 Å². The molecule has 2 heterocycles. The first-order valence-corrected chi connectivity index (χ1v) is 4.79. The number of halogens is 1. The molecule has 2 aliphatic heterocycles. The van der Waals surface area contributed by atoms with Crippen LogP contribution in [0.1, 0.15) is 12.8 Å². The summed E-state index contributed by atoms with van der Waals surface area (Å²) in [6, 6.07) is 2.33. The zero-order valence-electron chi connectivity index (χ0n) is 7.88. The highest BCUT2D eigenvalue weighted by Crippen LogP contribution is 2.21. The number of hydrogen-bond acceptors (Lipinski definition) is 2. The molecule has 0 N–H and O–H groups in total. The Hall–Kier alpha value is -0.300. The lowest BCUT2D eigenvalue weighted by Gasteiger charge is -2.47. The minimum absolute atomic E-state index is 0. The van der Waals surface area contributed by atoms with E-state index in [-0.39, 0.29) is 12.4 Å². The molecule has 0 saturated carbocycles.